The van der Waals surface area contributed by atoms with Gasteiger partial charge in [-0.1, -0.05) is 0 Å². The van der Waals surface area contributed by atoms with Crippen molar-refractivity contribution in [3.63, 3.8) is 0 Å². The van der Waals surface area contributed by atoms with Crippen LogP contribution < -0.4 is 5.32 Å². The van der Waals surface area contributed by atoms with E-state index in [1.165, 1.54) is 12.1 Å². The van der Waals surface area contributed by atoms with Crippen LogP contribution in [-0.4, -0.2) is 16.0 Å². The van der Waals surface area contributed by atoms with Crippen molar-refractivity contribution in [2.75, 3.05) is 0 Å². The smallest absolute Gasteiger partial charge is 0.251 e. The minimum atomic E-state index is -0.161. The number of hydrogen-bond acceptors (Lipinski definition) is 3. The molecule has 0 atom stereocenters. The number of rotatable bonds is 3. The van der Waals surface area contributed by atoms with Crippen molar-refractivity contribution in [2.24, 2.45) is 0 Å². The number of pyridine rings is 1. The monoisotopic (exact) mass is 242 g/mol. The molecule has 0 saturated heterocycles. The Kier molecular flexibility index (Phi) is 3.57. The molecule has 92 valence electrons. The highest BCUT2D eigenvalue weighted by Gasteiger charge is 2.05. The van der Waals surface area contributed by atoms with Crippen LogP contribution in [0.4, 0.5) is 0 Å². The average molecular weight is 242 g/mol. The zero-order valence-electron chi connectivity index (χ0n) is 10.1. The maximum atomic E-state index is 11.8. The van der Waals surface area contributed by atoms with E-state index in [9.17, 15) is 4.79 Å². The molecule has 0 saturated carbocycles. The molecule has 0 unspecified atom stereocenters. The molecule has 0 radical (unpaired) electrons. The van der Waals surface area contributed by atoms with Crippen LogP contribution in [0.3, 0.4) is 0 Å². The average Bonchev–Trinajstić information content (AvgIpc) is 2.38. The molecule has 18 heavy (non-hydrogen) atoms. The molecule has 0 aliphatic heterocycles. The van der Waals surface area contributed by atoms with E-state index in [1.54, 1.807) is 24.5 Å². The molecule has 0 bridgehead atoms. The van der Waals surface area contributed by atoms with Crippen molar-refractivity contribution in [2.45, 2.75) is 13.5 Å². The number of phenolic OH excluding ortho intramolecular Hbond substituents is 1. The van der Waals surface area contributed by atoms with Crippen molar-refractivity contribution in [1.29, 1.82) is 0 Å². The van der Waals surface area contributed by atoms with Gasteiger partial charge in [-0.25, -0.2) is 0 Å². The summed E-state index contributed by atoms with van der Waals surface area (Å²) >= 11 is 0. The predicted octanol–water partition coefficient (Wildman–Crippen LogP) is 2.03. The molecule has 2 N–H and O–H groups in total. The van der Waals surface area contributed by atoms with Gasteiger partial charge >= 0.3 is 0 Å². The summed E-state index contributed by atoms with van der Waals surface area (Å²) in [6.45, 7) is 2.42. The van der Waals surface area contributed by atoms with Crippen molar-refractivity contribution >= 4 is 5.91 Å². The number of aromatic nitrogens is 1. The van der Waals surface area contributed by atoms with E-state index in [-0.39, 0.29) is 11.7 Å². The quantitative estimate of drug-likeness (QED) is 0.865. The number of benzene rings is 1. The molecule has 0 spiro atoms. The second-order valence-corrected chi connectivity index (χ2v) is 4.03. The summed E-state index contributed by atoms with van der Waals surface area (Å²) < 4.78 is 0. The summed E-state index contributed by atoms with van der Waals surface area (Å²) in [6.07, 6.45) is 3.47. The lowest BCUT2D eigenvalue weighted by atomic mass is 10.1. The molecule has 2 rings (SSSR count). The number of hydrogen-bond donors (Lipinski definition) is 2. The van der Waals surface area contributed by atoms with Crippen LogP contribution in [-0.2, 0) is 6.54 Å². The molecule has 0 fully saturated rings. The number of carbonyl (C=O) groups is 1. The molecular weight excluding hydrogens is 228 g/mol. The number of phenols is 1. The lowest BCUT2D eigenvalue weighted by Crippen LogP contribution is -2.23. The molecule has 0 aliphatic carbocycles. The van der Waals surface area contributed by atoms with E-state index in [2.05, 4.69) is 10.3 Å². The topological polar surface area (TPSA) is 62.2 Å². The molecule has 1 amide bonds. The Balaban J connectivity index is 2.01. The highest BCUT2D eigenvalue weighted by atomic mass is 16.3. The molecule has 4 nitrogen and oxygen atoms in total. The van der Waals surface area contributed by atoms with Crippen molar-refractivity contribution in [3.8, 4) is 5.75 Å². The fourth-order valence-electron chi connectivity index (χ4n) is 1.59. The van der Waals surface area contributed by atoms with Gasteiger partial charge in [0.15, 0.2) is 0 Å². The largest absolute Gasteiger partial charge is 0.508 e. The van der Waals surface area contributed by atoms with Crippen molar-refractivity contribution in [3.05, 3.63) is 59.4 Å². The van der Waals surface area contributed by atoms with Gasteiger partial charge in [0.1, 0.15) is 5.75 Å². The maximum Gasteiger partial charge on any atom is 0.251 e. The fourth-order valence-corrected chi connectivity index (χ4v) is 1.59. The number of nitrogens with one attached hydrogen (secondary N) is 1. The van der Waals surface area contributed by atoms with Gasteiger partial charge < -0.3 is 10.4 Å². The number of aromatic hydroxyl groups is 1. The third-order valence-electron chi connectivity index (χ3n) is 2.71. The lowest BCUT2D eigenvalue weighted by Gasteiger charge is -2.07. The van der Waals surface area contributed by atoms with Gasteiger partial charge in [-0.05, 0) is 48.4 Å². The van der Waals surface area contributed by atoms with Gasteiger partial charge in [0.2, 0.25) is 0 Å². The SMILES string of the molecule is Cc1cnccc1CNC(=O)c1ccc(O)cc1. The predicted molar refractivity (Wildman–Crippen MR) is 68.3 cm³/mol. The molecular formula is C14H14N2O2. The Morgan fingerprint density at radius 3 is 2.67 bits per heavy atom. The Morgan fingerprint density at radius 2 is 2.00 bits per heavy atom. The van der Waals surface area contributed by atoms with Crippen molar-refractivity contribution in [1.82, 2.24) is 10.3 Å². The number of carbonyl (C=O) groups excluding carboxylic acids is 1. The standard InChI is InChI=1S/C14H14N2O2/c1-10-8-15-7-6-12(10)9-16-14(18)11-2-4-13(17)5-3-11/h2-8,17H,9H2,1H3,(H,16,18). The van der Waals surface area contributed by atoms with Crippen LogP contribution >= 0.6 is 0 Å². The summed E-state index contributed by atoms with van der Waals surface area (Å²) in [7, 11) is 0. The van der Waals surface area contributed by atoms with Crippen LogP contribution in [0, 0.1) is 6.92 Å². The van der Waals surface area contributed by atoms with Gasteiger partial charge in [0.05, 0.1) is 0 Å². The Hall–Kier alpha value is -2.36. The second-order valence-electron chi connectivity index (χ2n) is 4.03. The zero-order chi connectivity index (χ0) is 13.0. The van der Waals surface area contributed by atoms with Crippen LogP contribution in [0.2, 0.25) is 0 Å². The number of amides is 1. The molecule has 1 aromatic heterocycles. The molecule has 1 heterocycles. The van der Waals surface area contributed by atoms with E-state index in [0.717, 1.165) is 11.1 Å². The third-order valence-corrected chi connectivity index (χ3v) is 2.71. The Bertz CT molecular complexity index is 550. The van der Waals surface area contributed by atoms with Crippen LogP contribution in [0.5, 0.6) is 5.75 Å². The highest BCUT2D eigenvalue weighted by molar-refractivity contribution is 5.94. The van der Waals surface area contributed by atoms with E-state index < -0.39 is 0 Å². The van der Waals surface area contributed by atoms with Crippen LogP contribution in [0.1, 0.15) is 21.5 Å². The van der Waals surface area contributed by atoms with Crippen LogP contribution in [0.15, 0.2) is 42.7 Å². The number of aryl methyl sites for hydroxylation is 1. The Morgan fingerprint density at radius 1 is 1.28 bits per heavy atom. The first-order chi connectivity index (χ1) is 8.66. The summed E-state index contributed by atoms with van der Waals surface area (Å²) in [6, 6.07) is 8.04. The minimum absolute atomic E-state index is 0.150. The highest BCUT2D eigenvalue weighted by Crippen LogP contribution is 2.10. The van der Waals surface area contributed by atoms with Gasteiger partial charge in [-0.2, -0.15) is 0 Å². The Labute approximate surface area is 105 Å². The van der Waals surface area contributed by atoms with E-state index >= 15 is 0 Å². The summed E-state index contributed by atoms with van der Waals surface area (Å²) in [4.78, 5) is 15.8. The summed E-state index contributed by atoms with van der Waals surface area (Å²) in [5.74, 6) is -0.0114. The molecule has 4 heteroatoms. The maximum absolute atomic E-state index is 11.8. The zero-order valence-corrected chi connectivity index (χ0v) is 10.1. The van der Waals surface area contributed by atoms with E-state index in [4.69, 9.17) is 5.11 Å². The van der Waals surface area contributed by atoms with Gasteiger partial charge in [-0.3, -0.25) is 9.78 Å². The first kappa shape index (κ1) is 12.1. The summed E-state index contributed by atoms with van der Waals surface area (Å²) in [5.41, 5.74) is 2.61. The van der Waals surface area contributed by atoms with E-state index in [1.807, 2.05) is 13.0 Å². The van der Waals surface area contributed by atoms with E-state index in [0.29, 0.717) is 12.1 Å². The molecule has 2 aromatic rings. The van der Waals surface area contributed by atoms with Gasteiger partial charge in [0, 0.05) is 24.5 Å². The summed E-state index contributed by atoms with van der Waals surface area (Å²) in [5, 5.41) is 12.0. The normalized spacial score (nSPS) is 10.1. The molecule has 1 aromatic carbocycles. The van der Waals surface area contributed by atoms with Gasteiger partial charge in [0.25, 0.3) is 5.91 Å². The van der Waals surface area contributed by atoms with Crippen molar-refractivity contribution < 1.29 is 9.90 Å². The molecule has 0 aliphatic rings. The third kappa shape index (κ3) is 2.85. The van der Waals surface area contributed by atoms with Gasteiger partial charge in [-0.15, -0.1) is 0 Å². The number of nitrogens with zero attached hydrogens (tertiary/aromatic N) is 1. The van der Waals surface area contributed by atoms with Crippen LogP contribution in [0.25, 0.3) is 0 Å². The fraction of sp³-hybridized carbons (Fsp3) is 0.143. The minimum Gasteiger partial charge on any atom is -0.508 e. The first-order valence-electron chi connectivity index (χ1n) is 5.63. The lowest BCUT2D eigenvalue weighted by molar-refractivity contribution is 0.0951. The second kappa shape index (κ2) is 5.31. The first-order valence-corrected chi connectivity index (χ1v) is 5.63.